The zero-order valence-electron chi connectivity index (χ0n) is 19.4. The number of ether oxygens (including phenoxy) is 3. The molecule has 0 atom stereocenters. The number of carbonyl (C=O) groups is 1. The van der Waals surface area contributed by atoms with Crippen molar-refractivity contribution in [1.29, 1.82) is 0 Å². The number of para-hydroxylation sites is 2. The molecule has 35 heavy (non-hydrogen) atoms. The minimum atomic E-state index is -3.80. The maximum absolute atomic E-state index is 12.7. The van der Waals surface area contributed by atoms with Gasteiger partial charge in [0.15, 0.2) is 11.5 Å². The molecular weight excluding hydrogens is 468 g/mol. The molecule has 9 heteroatoms. The summed E-state index contributed by atoms with van der Waals surface area (Å²) in [7, 11) is -0.611. The van der Waals surface area contributed by atoms with Crippen molar-refractivity contribution in [3.63, 3.8) is 0 Å². The van der Waals surface area contributed by atoms with Crippen LogP contribution in [0.4, 0.5) is 5.69 Å². The molecule has 0 aliphatic carbocycles. The van der Waals surface area contributed by atoms with Gasteiger partial charge in [0.05, 0.1) is 17.7 Å². The highest BCUT2D eigenvalue weighted by molar-refractivity contribution is 7.92. The minimum absolute atomic E-state index is 0.0996. The lowest BCUT2D eigenvalue weighted by Gasteiger charge is -2.20. The molecule has 1 heterocycles. The van der Waals surface area contributed by atoms with Crippen molar-refractivity contribution in [2.24, 2.45) is 0 Å². The van der Waals surface area contributed by atoms with E-state index in [0.29, 0.717) is 48.3 Å². The van der Waals surface area contributed by atoms with E-state index in [0.717, 1.165) is 5.56 Å². The van der Waals surface area contributed by atoms with Crippen LogP contribution in [0.25, 0.3) is 6.08 Å². The highest BCUT2D eigenvalue weighted by Crippen LogP contribution is 2.31. The second kappa shape index (κ2) is 10.5. The number of benzene rings is 3. The third kappa shape index (κ3) is 5.93. The molecule has 0 bridgehead atoms. The Labute approximate surface area is 204 Å². The maximum Gasteiger partial charge on any atom is 0.262 e. The molecule has 0 saturated carbocycles. The quantitative estimate of drug-likeness (QED) is 0.477. The van der Waals surface area contributed by atoms with E-state index in [2.05, 4.69) is 4.72 Å². The summed E-state index contributed by atoms with van der Waals surface area (Å²) in [5.74, 6) is 1.63. The molecule has 4 rings (SSSR count). The van der Waals surface area contributed by atoms with E-state index in [-0.39, 0.29) is 10.8 Å². The van der Waals surface area contributed by atoms with Gasteiger partial charge in [-0.05, 0) is 53.6 Å². The second-order valence-corrected chi connectivity index (χ2v) is 9.56. The van der Waals surface area contributed by atoms with E-state index >= 15 is 0 Å². The lowest BCUT2D eigenvalue weighted by Crippen LogP contribution is -2.24. The Kier molecular flexibility index (Phi) is 7.26. The molecule has 1 aliphatic rings. The fourth-order valence-electron chi connectivity index (χ4n) is 3.52. The SMILES string of the molecule is COc1ccccc1NS(=O)(=O)c1ccc(/C=C/C(=O)N(C)Cc2ccc3c(c2)OCCO3)cc1. The number of anilines is 1. The van der Waals surface area contributed by atoms with Crippen molar-refractivity contribution in [3.05, 3.63) is 83.9 Å². The molecule has 0 saturated heterocycles. The lowest BCUT2D eigenvalue weighted by molar-refractivity contribution is -0.125. The molecule has 0 radical (unpaired) electrons. The van der Waals surface area contributed by atoms with Crippen LogP contribution in [0.2, 0.25) is 0 Å². The highest BCUT2D eigenvalue weighted by atomic mass is 32.2. The number of nitrogens with zero attached hydrogens (tertiary/aromatic N) is 1. The molecule has 0 unspecified atom stereocenters. The van der Waals surface area contributed by atoms with Crippen molar-refractivity contribution in [3.8, 4) is 17.2 Å². The van der Waals surface area contributed by atoms with E-state index in [1.54, 1.807) is 54.4 Å². The van der Waals surface area contributed by atoms with Crippen LogP contribution in [0.15, 0.2) is 77.7 Å². The number of sulfonamides is 1. The van der Waals surface area contributed by atoms with Gasteiger partial charge in [0, 0.05) is 19.7 Å². The monoisotopic (exact) mass is 494 g/mol. The number of rotatable bonds is 8. The first-order valence-corrected chi connectivity index (χ1v) is 12.4. The average molecular weight is 495 g/mol. The Morgan fingerprint density at radius 3 is 2.49 bits per heavy atom. The van der Waals surface area contributed by atoms with Gasteiger partial charge in [-0.3, -0.25) is 9.52 Å². The van der Waals surface area contributed by atoms with Gasteiger partial charge in [-0.15, -0.1) is 0 Å². The van der Waals surface area contributed by atoms with E-state index in [1.807, 2.05) is 18.2 Å². The van der Waals surface area contributed by atoms with Gasteiger partial charge < -0.3 is 19.1 Å². The van der Waals surface area contributed by atoms with Crippen LogP contribution in [0.1, 0.15) is 11.1 Å². The number of hydrogen-bond acceptors (Lipinski definition) is 6. The summed E-state index contributed by atoms with van der Waals surface area (Å²) in [5.41, 5.74) is 1.98. The van der Waals surface area contributed by atoms with Crippen LogP contribution in [-0.2, 0) is 21.4 Å². The molecule has 3 aromatic rings. The first kappa shape index (κ1) is 24.2. The zero-order valence-corrected chi connectivity index (χ0v) is 20.2. The van der Waals surface area contributed by atoms with Crippen molar-refractivity contribution in [2.75, 3.05) is 32.1 Å². The van der Waals surface area contributed by atoms with Crippen LogP contribution in [0.5, 0.6) is 17.2 Å². The van der Waals surface area contributed by atoms with E-state index in [9.17, 15) is 13.2 Å². The van der Waals surface area contributed by atoms with Gasteiger partial charge in [-0.25, -0.2) is 8.42 Å². The van der Waals surface area contributed by atoms with Gasteiger partial charge in [0.1, 0.15) is 19.0 Å². The number of hydrogen-bond donors (Lipinski definition) is 1. The van der Waals surface area contributed by atoms with Crippen LogP contribution < -0.4 is 18.9 Å². The standard InChI is InChI=1S/C26H26N2O6S/c1-28(18-20-9-13-24-25(17-20)34-16-15-33-24)26(29)14-10-19-7-11-21(12-8-19)35(30,31)27-22-5-3-4-6-23(22)32-2/h3-14,17,27H,15-16,18H2,1-2H3/b14-10+. The molecule has 0 spiro atoms. The maximum atomic E-state index is 12.7. The summed E-state index contributed by atoms with van der Waals surface area (Å²) in [4.78, 5) is 14.2. The fraction of sp³-hybridized carbons (Fsp3) is 0.192. The third-order valence-electron chi connectivity index (χ3n) is 5.36. The minimum Gasteiger partial charge on any atom is -0.495 e. The first-order valence-electron chi connectivity index (χ1n) is 10.9. The van der Waals surface area contributed by atoms with Crippen molar-refractivity contribution < 1.29 is 27.4 Å². The molecule has 0 aromatic heterocycles. The average Bonchev–Trinajstić information content (AvgIpc) is 2.87. The summed E-state index contributed by atoms with van der Waals surface area (Å²) in [5, 5.41) is 0. The number of amides is 1. The van der Waals surface area contributed by atoms with Crippen molar-refractivity contribution in [1.82, 2.24) is 4.90 Å². The smallest absolute Gasteiger partial charge is 0.262 e. The molecule has 3 aromatic carbocycles. The first-order chi connectivity index (χ1) is 16.9. The summed E-state index contributed by atoms with van der Waals surface area (Å²) < 4.78 is 44.3. The van der Waals surface area contributed by atoms with Gasteiger partial charge in [0.25, 0.3) is 10.0 Å². The molecule has 0 fully saturated rings. The Morgan fingerprint density at radius 1 is 1.03 bits per heavy atom. The van der Waals surface area contributed by atoms with Crippen LogP contribution in [0, 0.1) is 0 Å². The third-order valence-corrected chi connectivity index (χ3v) is 6.74. The Morgan fingerprint density at radius 2 is 1.74 bits per heavy atom. The second-order valence-electron chi connectivity index (χ2n) is 7.88. The normalized spacial score (nSPS) is 12.9. The number of nitrogens with one attached hydrogen (secondary N) is 1. The summed E-state index contributed by atoms with van der Waals surface area (Å²) in [6.07, 6.45) is 3.10. The van der Waals surface area contributed by atoms with Crippen LogP contribution in [-0.4, -0.2) is 46.6 Å². The fourth-order valence-corrected chi connectivity index (χ4v) is 4.59. The molecule has 182 valence electrons. The Hall–Kier alpha value is -3.98. The molecule has 8 nitrogen and oxygen atoms in total. The number of carbonyl (C=O) groups excluding carboxylic acids is 1. The van der Waals surface area contributed by atoms with Gasteiger partial charge in [0.2, 0.25) is 5.91 Å². The number of likely N-dealkylation sites (N-methyl/N-ethyl adjacent to an activating group) is 1. The highest BCUT2D eigenvalue weighted by Gasteiger charge is 2.16. The van der Waals surface area contributed by atoms with E-state index in [4.69, 9.17) is 14.2 Å². The largest absolute Gasteiger partial charge is 0.495 e. The van der Waals surface area contributed by atoms with Crippen molar-refractivity contribution in [2.45, 2.75) is 11.4 Å². The van der Waals surface area contributed by atoms with Gasteiger partial charge in [-0.1, -0.05) is 30.3 Å². The summed E-state index contributed by atoms with van der Waals surface area (Å²) >= 11 is 0. The predicted molar refractivity (Wildman–Crippen MR) is 133 cm³/mol. The van der Waals surface area contributed by atoms with Crippen LogP contribution in [0.3, 0.4) is 0 Å². The zero-order chi connectivity index (χ0) is 24.8. The van der Waals surface area contributed by atoms with E-state index < -0.39 is 10.0 Å². The number of fused-ring (bicyclic) bond motifs is 1. The van der Waals surface area contributed by atoms with Gasteiger partial charge >= 0.3 is 0 Å². The van der Waals surface area contributed by atoms with E-state index in [1.165, 1.54) is 25.3 Å². The van der Waals surface area contributed by atoms with Crippen LogP contribution >= 0.6 is 0 Å². The van der Waals surface area contributed by atoms with Gasteiger partial charge in [-0.2, -0.15) is 0 Å². The molecular formula is C26H26N2O6S. The summed E-state index contributed by atoms with van der Waals surface area (Å²) in [6, 6.07) is 18.6. The number of methoxy groups -OCH3 is 1. The summed E-state index contributed by atoms with van der Waals surface area (Å²) in [6.45, 7) is 1.44. The van der Waals surface area contributed by atoms with Crippen molar-refractivity contribution >= 4 is 27.7 Å². The topological polar surface area (TPSA) is 94.2 Å². The molecule has 1 N–H and O–H groups in total. The predicted octanol–water partition coefficient (Wildman–Crippen LogP) is 3.94. The molecule has 1 amide bonds. The Balaban J connectivity index is 1.38. The molecule has 1 aliphatic heterocycles. The Bertz CT molecular complexity index is 1340. The lowest BCUT2D eigenvalue weighted by atomic mass is 10.1.